The van der Waals surface area contributed by atoms with Crippen LogP contribution in [0.25, 0.3) is 0 Å². The molecule has 0 aliphatic heterocycles. The third kappa shape index (κ3) is 6.39. The third-order valence-electron chi connectivity index (χ3n) is 2.39. The van der Waals surface area contributed by atoms with Gasteiger partial charge >= 0.3 is 6.09 Å². The van der Waals surface area contributed by atoms with Gasteiger partial charge in [-0.05, 0) is 26.7 Å². The highest BCUT2D eigenvalue weighted by Gasteiger charge is 2.22. The Labute approximate surface area is 108 Å². The van der Waals surface area contributed by atoms with Gasteiger partial charge < -0.3 is 9.84 Å². The van der Waals surface area contributed by atoms with E-state index < -0.39 is 12.0 Å². The smallest absolute Gasteiger partial charge is 0.416 e. The Morgan fingerprint density at radius 3 is 2.33 bits per heavy atom. The number of amides is 2. The molecule has 0 bridgehead atoms. The monoisotopic (exact) mass is 257 g/mol. The average molecular weight is 257 g/mol. The van der Waals surface area contributed by atoms with Crippen LogP contribution in [0.5, 0.6) is 0 Å². The molecule has 2 amide bonds. The first-order valence-corrected chi connectivity index (χ1v) is 6.29. The molecule has 1 N–H and O–H groups in total. The average Bonchev–Trinajstić information content (AvgIpc) is 2.33. The highest BCUT2D eigenvalue weighted by atomic mass is 16.6. The number of imide groups is 1. The minimum Gasteiger partial charge on any atom is -0.449 e. The molecule has 0 aromatic rings. The van der Waals surface area contributed by atoms with Crippen molar-refractivity contribution in [3.63, 3.8) is 0 Å². The highest BCUT2D eigenvalue weighted by molar-refractivity contribution is 6.01. The summed E-state index contributed by atoms with van der Waals surface area (Å²) in [5, 5.41) is 8.64. The molecule has 0 atom stereocenters. The molecule has 0 aliphatic carbocycles. The highest BCUT2D eigenvalue weighted by Crippen LogP contribution is 2.07. The Morgan fingerprint density at radius 1 is 1.22 bits per heavy atom. The summed E-state index contributed by atoms with van der Waals surface area (Å²) >= 11 is 0. The van der Waals surface area contributed by atoms with E-state index in [-0.39, 0.29) is 13.2 Å². The number of carbonyl (C=O) groups excluding carboxylic acids is 2. The molecule has 0 aromatic carbocycles. The second kappa shape index (κ2) is 9.65. The molecule has 0 saturated carbocycles. The van der Waals surface area contributed by atoms with Crippen molar-refractivity contribution < 1.29 is 19.4 Å². The molecule has 5 heteroatoms. The zero-order valence-electron chi connectivity index (χ0n) is 11.3. The maximum absolute atomic E-state index is 11.8. The topological polar surface area (TPSA) is 66.8 Å². The zero-order chi connectivity index (χ0) is 14.0. The minimum absolute atomic E-state index is 0.173. The van der Waals surface area contributed by atoms with Crippen LogP contribution in [0.15, 0.2) is 12.2 Å². The summed E-state index contributed by atoms with van der Waals surface area (Å²) in [5.41, 5.74) is 0.318. The molecule has 0 spiro atoms. The molecule has 0 unspecified atom stereocenters. The molecule has 0 radical (unpaired) electrons. The molecule has 0 aromatic heterocycles. The predicted molar refractivity (Wildman–Crippen MR) is 69.1 cm³/mol. The van der Waals surface area contributed by atoms with Gasteiger partial charge in [0.1, 0.15) is 0 Å². The minimum atomic E-state index is -0.618. The molecule has 5 nitrogen and oxygen atoms in total. The van der Waals surface area contributed by atoms with Crippen molar-refractivity contribution in [1.29, 1.82) is 0 Å². The van der Waals surface area contributed by atoms with Crippen molar-refractivity contribution in [3.05, 3.63) is 12.2 Å². The quantitative estimate of drug-likeness (QED) is 0.534. The summed E-state index contributed by atoms with van der Waals surface area (Å²) in [6, 6.07) is 0. The predicted octanol–water partition coefficient (Wildman–Crippen LogP) is 2.10. The van der Waals surface area contributed by atoms with Crippen LogP contribution in [0, 0.1) is 0 Å². The number of hydrogen-bond donors (Lipinski definition) is 1. The van der Waals surface area contributed by atoms with Crippen molar-refractivity contribution in [2.24, 2.45) is 0 Å². The summed E-state index contributed by atoms with van der Waals surface area (Å²) < 4.78 is 4.84. The van der Waals surface area contributed by atoms with Gasteiger partial charge in [-0.15, -0.1) is 0 Å². The Morgan fingerprint density at radius 2 is 1.83 bits per heavy atom. The Hall–Kier alpha value is -1.36. The van der Waals surface area contributed by atoms with Crippen LogP contribution in [0.4, 0.5) is 4.79 Å². The van der Waals surface area contributed by atoms with Crippen LogP contribution in [0.3, 0.4) is 0 Å². The lowest BCUT2D eigenvalue weighted by atomic mass is 10.2. The van der Waals surface area contributed by atoms with Gasteiger partial charge in [-0.2, -0.15) is 0 Å². The van der Waals surface area contributed by atoms with Crippen molar-refractivity contribution in [3.8, 4) is 0 Å². The number of hydrogen-bond acceptors (Lipinski definition) is 4. The standard InChI is InChI=1S/C13H23NO4/c1-4-18-13(17)14(12(16)11(2)3)9-7-5-6-8-10-15/h15H,2,4-10H2,1,3H3. The summed E-state index contributed by atoms with van der Waals surface area (Å²) in [6.07, 6.45) is 2.58. The van der Waals surface area contributed by atoms with Gasteiger partial charge in [-0.3, -0.25) is 4.79 Å². The van der Waals surface area contributed by atoms with Crippen molar-refractivity contribution in [1.82, 2.24) is 4.90 Å². The summed E-state index contributed by atoms with van der Waals surface area (Å²) in [7, 11) is 0. The van der Waals surface area contributed by atoms with E-state index in [1.807, 2.05) is 0 Å². The molecule has 0 fully saturated rings. The van der Waals surface area contributed by atoms with Crippen LogP contribution in [-0.2, 0) is 9.53 Å². The lowest BCUT2D eigenvalue weighted by Crippen LogP contribution is -2.38. The molecular weight excluding hydrogens is 234 g/mol. The number of aliphatic hydroxyl groups is 1. The second-order valence-electron chi connectivity index (χ2n) is 4.07. The maximum Gasteiger partial charge on any atom is 0.416 e. The van der Waals surface area contributed by atoms with E-state index in [1.54, 1.807) is 13.8 Å². The van der Waals surface area contributed by atoms with E-state index in [0.29, 0.717) is 18.5 Å². The van der Waals surface area contributed by atoms with E-state index >= 15 is 0 Å². The zero-order valence-corrected chi connectivity index (χ0v) is 11.3. The summed E-state index contributed by atoms with van der Waals surface area (Å²) in [5.74, 6) is -0.393. The molecule has 18 heavy (non-hydrogen) atoms. The lowest BCUT2D eigenvalue weighted by molar-refractivity contribution is -0.125. The van der Waals surface area contributed by atoms with E-state index in [4.69, 9.17) is 9.84 Å². The van der Waals surface area contributed by atoms with E-state index in [9.17, 15) is 9.59 Å². The van der Waals surface area contributed by atoms with Gasteiger partial charge in [-0.1, -0.05) is 19.4 Å². The fraction of sp³-hybridized carbons (Fsp3) is 0.692. The Bertz CT molecular complexity index is 289. The number of rotatable bonds is 8. The molecule has 0 heterocycles. The van der Waals surface area contributed by atoms with E-state index in [2.05, 4.69) is 6.58 Å². The van der Waals surface area contributed by atoms with Crippen LogP contribution in [0.1, 0.15) is 39.5 Å². The van der Waals surface area contributed by atoms with E-state index in [0.717, 1.165) is 24.2 Å². The number of aliphatic hydroxyl groups excluding tert-OH is 1. The van der Waals surface area contributed by atoms with Crippen molar-refractivity contribution in [2.45, 2.75) is 39.5 Å². The van der Waals surface area contributed by atoms with Gasteiger partial charge in [0.05, 0.1) is 6.61 Å². The maximum atomic E-state index is 11.8. The van der Waals surface area contributed by atoms with Gasteiger partial charge in [0.25, 0.3) is 5.91 Å². The molecule has 0 aliphatic rings. The van der Waals surface area contributed by atoms with Gasteiger partial charge in [0.15, 0.2) is 0 Å². The van der Waals surface area contributed by atoms with Crippen LogP contribution in [0.2, 0.25) is 0 Å². The summed E-state index contributed by atoms with van der Waals surface area (Å²) in [4.78, 5) is 24.5. The van der Waals surface area contributed by atoms with Crippen LogP contribution in [-0.4, -0.2) is 41.8 Å². The van der Waals surface area contributed by atoms with Crippen molar-refractivity contribution in [2.75, 3.05) is 19.8 Å². The van der Waals surface area contributed by atoms with E-state index in [1.165, 1.54) is 0 Å². The van der Waals surface area contributed by atoms with Crippen LogP contribution < -0.4 is 0 Å². The molecule has 0 rings (SSSR count). The SMILES string of the molecule is C=C(C)C(=O)N(CCCCCCO)C(=O)OCC. The molecular formula is C13H23NO4. The Kier molecular flexibility index (Phi) is 8.92. The first-order valence-electron chi connectivity index (χ1n) is 6.29. The Balaban J connectivity index is 4.26. The third-order valence-corrected chi connectivity index (χ3v) is 2.39. The van der Waals surface area contributed by atoms with Gasteiger partial charge in [-0.25, -0.2) is 9.69 Å². The normalized spacial score (nSPS) is 9.94. The number of nitrogens with zero attached hydrogens (tertiary/aromatic N) is 1. The number of ether oxygens (including phenoxy) is 1. The molecule has 0 saturated heterocycles. The van der Waals surface area contributed by atoms with Crippen LogP contribution >= 0.6 is 0 Å². The fourth-order valence-electron chi connectivity index (χ4n) is 1.44. The second-order valence-corrected chi connectivity index (χ2v) is 4.07. The first kappa shape index (κ1) is 16.6. The van der Waals surface area contributed by atoms with Crippen molar-refractivity contribution >= 4 is 12.0 Å². The largest absolute Gasteiger partial charge is 0.449 e. The lowest BCUT2D eigenvalue weighted by Gasteiger charge is -2.19. The number of unbranched alkanes of at least 4 members (excludes halogenated alkanes) is 3. The van der Waals surface area contributed by atoms with Gasteiger partial charge in [0.2, 0.25) is 0 Å². The fourth-order valence-corrected chi connectivity index (χ4v) is 1.44. The van der Waals surface area contributed by atoms with Gasteiger partial charge in [0, 0.05) is 18.7 Å². The summed E-state index contributed by atoms with van der Waals surface area (Å²) in [6.45, 7) is 7.55. The molecule has 104 valence electrons. The first-order chi connectivity index (χ1) is 8.54. The number of carbonyl (C=O) groups is 2.